The van der Waals surface area contributed by atoms with Crippen molar-refractivity contribution >= 4 is 29.2 Å². The highest BCUT2D eigenvalue weighted by Crippen LogP contribution is 2.33. The minimum Gasteiger partial charge on any atom is -0.357 e. The quantitative estimate of drug-likeness (QED) is 0.672. The van der Waals surface area contributed by atoms with Crippen LogP contribution >= 0.6 is 11.8 Å². The van der Waals surface area contributed by atoms with E-state index in [4.69, 9.17) is 0 Å². The summed E-state index contributed by atoms with van der Waals surface area (Å²) >= 11 is 1.92. The smallest absolute Gasteiger partial charge is 0.332 e. The fourth-order valence-electron chi connectivity index (χ4n) is 2.26. The zero-order valence-corrected chi connectivity index (χ0v) is 12.7. The summed E-state index contributed by atoms with van der Waals surface area (Å²) in [5, 5.41) is 14.7. The van der Waals surface area contributed by atoms with Gasteiger partial charge >= 0.3 is 5.69 Å². The van der Waals surface area contributed by atoms with Gasteiger partial charge in [-0.25, -0.2) is 4.98 Å². The average Bonchev–Trinajstić information content (AvgIpc) is 2.45. The number of nitrogens with zero attached hydrogens (tertiary/aromatic N) is 4. The van der Waals surface area contributed by atoms with Crippen LogP contribution in [0.3, 0.4) is 0 Å². The molecule has 0 radical (unpaired) electrons. The van der Waals surface area contributed by atoms with E-state index in [9.17, 15) is 10.1 Å². The molecule has 0 spiro atoms. The van der Waals surface area contributed by atoms with E-state index in [1.54, 1.807) is 14.0 Å². The van der Waals surface area contributed by atoms with Crippen molar-refractivity contribution in [3.05, 3.63) is 15.8 Å². The highest BCUT2D eigenvalue weighted by Gasteiger charge is 2.29. The molecule has 1 aliphatic heterocycles. The van der Waals surface area contributed by atoms with Crippen molar-refractivity contribution in [1.82, 2.24) is 9.97 Å². The number of thioether (sulfide) groups is 1. The molecular weight excluding hydrogens is 278 g/mol. The van der Waals surface area contributed by atoms with Crippen LogP contribution in [0.15, 0.2) is 0 Å². The number of aromatic nitrogens is 2. The number of rotatable bonds is 4. The van der Waals surface area contributed by atoms with Gasteiger partial charge in [-0.2, -0.15) is 16.7 Å². The van der Waals surface area contributed by atoms with Crippen LogP contribution in [-0.2, 0) is 0 Å². The van der Waals surface area contributed by atoms with Crippen molar-refractivity contribution in [1.29, 1.82) is 0 Å². The highest BCUT2D eigenvalue weighted by molar-refractivity contribution is 8.00. The van der Waals surface area contributed by atoms with Gasteiger partial charge in [0.05, 0.1) is 4.92 Å². The Balaban J connectivity index is 2.42. The van der Waals surface area contributed by atoms with Crippen LogP contribution in [0.1, 0.15) is 19.0 Å². The minimum absolute atomic E-state index is 0.0192. The van der Waals surface area contributed by atoms with Crippen LogP contribution in [-0.4, -0.2) is 46.0 Å². The molecule has 20 heavy (non-hydrogen) atoms. The number of nitrogens with one attached hydrogen (secondary N) is 1. The molecule has 1 fully saturated rings. The third-order valence-electron chi connectivity index (χ3n) is 3.34. The van der Waals surface area contributed by atoms with Crippen LogP contribution in [0.25, 0.3) is 0 Å². The van der Waals surface area contributed by atoms with E-state index in [1.165, 1.54) is 0 Å². The molecule has 7 nitrogen and oxygen atoms in total. The second kappa shape index (κ2) is 6.25. The number of anilines is 2. The lowest BCUT2D eigenvalue weighted by atomic mass is 10.2. The van der Waals surface area contributed by atoms with Crippen molar-refractivity contribution in [2.24, 2.45) is 0 Å². The van der Waals surface area contributed by atoms with E-state index in [0.717, 1.165) is 25.3 Å². The molecule has 0 aliphatic carbocycles. The fraction of sp³-hybridized carbons (Fsp3) is 0.667. The van der Waals surface area contributed by atoms with Crippen molar-refractivity contribution in [2.75, 3.05) is 36.1 Å². The standard InChI is InChI=1S/C12H19N5O2S/c1-4-9-7-16(5-6-20-9)11-10(17(18)19)8(2)14-12(13-3)15-11/h9H,4-7H2,1-3H3,(H,13,14,15). The van der Waals surface area contributed by atoms with E-state index in [1.807, 2.05) is 16.7 Å². The van der Waals surface area contributed by atoms with E-state index >= 15 is 0 Å². The Bertz CT molecular complexity index is 511. The molecule has 0 bridgehead atoms. The van der Waals surface area contributed by atoms with E-state index in [-0.39, 0.29) is 10.6 Å². The SMILES string of the molecule is CCC1CN(c2nc(NC)nc(C)c2[N+](=O)[O-])CCS1. The second-order valence-electron chi connectivity index (χ2n) is 4.66. The molecule has 2 heterocycles. The van der Waals surface area contributed by atoms with Crippen LogP contribution in [0, 0.1) is 17.0 Å². The van der Waals surface area contributed by atoms with Crippen molar-refractivity contribution in [3.8, 4) is 0 Å². The summed E-state index contributed by atoms with van der Waals surface area (Å²) in [6, 6.07) is 0. The maximum absolute atomic E-state index is 11.3. The molecule has 0 amide bonds. The van der Waals surface area contributed by atoms with Gasteiger partial charge in [0.1, 0.15) is 5.69 Å². The number of hydrogen-bond donors (Lipinski definition) is 1. The predicted molar refractivity (Wildman–Crippen MR) is 81.7 cm³/mol. The van der Waals surface area contributed by atoms with Gasteiger partial charge in [-0.15, -0.1) is 0 Å². The van der Waals surface area contributed by atoms with Gasteiger partial charge in [-0.1, -0.05) is 6.92 Å². The molecule has 110 valence electrons. The topological polar surface area (TPSA) is 84.2 Å². The molecule has 1 aromatic rings. The Hall–Kier alpha value is -1.57. The molecule has 0 saturated carbocycles. The summed E-state index contributed by atoms with van der Waals surface area (Å²) in [6.07, 6.45) is 1.05. The van der Waals surface area contributed by atoms with Crippen LogP contribution in [0.4, 0.5) is 17.5 Å². The zero-order valence-electron chi connectivity index (χ0n) is 11.9. The summed E-state index contributed by atoms with van der Waals surface area (Å²) in [4.78, 5) is 21.4. The lowest BCUT2D eigenvalue weighted by molar-refractivity contribution is -0.385. The Labute approximate surface area is 122 Å². The van der Waals surface area contributed by atoms with Crippen molar-refractivity contribution < 1.29 is 4.92 Å². The van der Waals surface area contributed by atoms with E-state index in [2.05, 4.69) is 22.2 Å². The summed E-state index contributed by atoms with van der Waals surface area (Å²) in [7, 11) is 1.71. The molecule has 8 heteroatoms. The maximum Gasteiger partial charge on any atom is 0.332 e. The second-order valence-corrected chi connectivity index (χ2v) is 6.07. The number of hydrogen-bond acceptors (Lipinski definition) is 7. The van der Waals surface area contributed by atoms with Crippen LogP contribution in [0.5, 0.6) is 0 Å². The molecule has 1 atom stereocenters. The van der Waals surface area contributed by atoms with Crippen molar-refractivity contribution in [3.63, 3.8) is 0 Å². The van der Waals surface area contributed by atoms with E-state index < -0.39 is 0 Å². The monoisotopic (exact) mass is 297 g/mol. The summed E-state index contributed by atoms with van der Waals surface area (Å²) < 4.78 is 0. The van der Waals surface area contributed by atoms with Gasteiger partial charge in [-0.3, -0.25) is 10.1 Å². The molecule has 1 aromatic heterocycles. The van der Waals surface area contributed by atoms with E-state index in [0.29, 0.717) is 22.7 Å². The first kappa shape index (κ1) is 14.8. The Morgan fingerprint density at radius 1 is 1.55 bits per heavy atom. The Kier molecular flexibility index (Phi) is 4.64. The maximum atomic E-state index is 11.3. The minimum atomic E-state index is -0.382. The first-order chi connectivity index (χ1) is 9.56. The molecule has 1 saturated heterocycles. The summed E-state index contributed by atoms with van der Waals surface area (Å²) in [5.41, 5.74) is 0.418. The van der Waals surface area contributed by atoms with Gasteiger partial charge in [0.15, 0.2) is 0 Å². The molecule has 1 aliphatic rings. The van der Waals surface area contributed by atoms with Crippen molar-refractivity contribution in [2.45, 2.75) is 25.5 Å². The normalized spacial score (nSPS) is 18.9. The lowest BCUT2D eigenvalue weighted by Crippen LogP contribution is -2.38. The molecule has 2 rings (SSSR count). The first-order valence-corrected chi connectivity index (χ1v) is 7.69. The van der Waals surface area contributed by atoms with Gasteiger partial charge in [0.2, 0.25) is 11.8 Å². The third kappa shape index (κ3) is 2.95. The van der Waals surface area contributed by atoms with Gasteiger partial charge in [0, 0.05) is 31.1 Å². The van der Waals surface area contributed by atoms with Crippen LogP contribution < -0.4 is 10.2 Å². The van der Waals surface area contributed by atoms with Gasteiger partial charge < -0.3 is 10.2 Å². The number of aryl methyl sites for hydroxylation is 1. The lowest BCUT2D eigenvalue weighted by Gasteiger charge is -2.32. The largest absolute Gasteiger partial charge is 0.357 e. The molecule has 1 N–H and O–H groups in total. The van der Waals surface area contributed by atoms with Gasteiger partial charge in [0.25, 0.3) is 0 Å². The Morgan fingerprint density at radius 2 is 2.30 bits per heavy atom. The molecule has 1 unspecified atom stereocenters. The first-order valence-electron chi connectivity index (χ1n) is 6.64. The average molecular weight is 297 g/mol. The predicted octanol–water partition coefficient (Wildman–Crippen LogP) is 2.07. The molecule has 0 aromatic carbocycles. The molecular formula is C12H19N5O2S. The highest BCUT2D eigenvalue weighted by atomic mass is 32.2. The van der Waals surface area contributed by atoms with Gasteiger partial charge in [-0.05, 0) is 13.3 Å². The van der Waals surface area contributed by atoms with Crippen LogP contribution in [0.2, 0.25) is 0 Å². The summed E-state index contributed by atoms with van der Waals surface area (Å²) in [6.45, 7) is 5.36. The summed E-state index contributed by atoms with van der Waals surface area (Å²) in [5.74, 6) is 1.83. The number of nitro groups is 1. The third-order valence-corrected chi connectivity index (χ3v) is 4.71. The Morgan fingerprint density at radius 3 is 2.90 bits per heavy atom. The zero-order chi connectivity index (χ0) is 14.7. The fourth-order valence-corrected chi connectivity index (χ4v) is 3.44.